The lowest BCUT2D eigenvalue weighted by Gasteiger charge is -2.29. The number of ketones is 1. The van der Waals surface area contributed by atoms with Gasteiger partial charge in [0.25, 0.3) is 0 Å². The highest BCUT2D eigenvalue weighted by Gasteiger charge is 2.34. The summed E-state index contributed by atoms with van der Waals surface area (Å²) in [7, 11) is 5.87. The van der Waals surface area contributed by atoms with Crippen LogP contribution in [0.2, 0.25) is 0 Å². The molecule has 19 heavy (non-hydrogen) atoms. The molecule has 0 saturated heterocycles. The van der Waals surface area contributed by atoms with Gasteiger partial charge < -0.3 is 0 Å². The van der Waals surface area contributed by atoms with Gasteiger partial charge in [-0.05, 0) is 34.6 Å². The molecule has 1 aliphatic heterocycles. The van der Waals surface area contributed by atoms with E-state index in [2.05, 4.69) is 19.1 Å². The molecule has 0 N–H and O–H groups in total. The SMILES string of the molecule is CCCC1=CC=S(Cl)C2C(=O)c3ccccc3C=C12. The first kappa shape index (κ1) is 12.9. The zero-order valence-electron chi connectivity index (χ0n) is 10.7. The number of rotatable bonds is 2. The Morgan fingerprint density at radius 1 is 1.32 bits per heavy atom. The molecule has 0 fully saturated rings. The van der Waals surface area contributed by atoms with Crippen LogP contribution in [0.1, 0.15) is 35.7 Å². The lowest BCUT2D eigenvalue weighted by Crippen LogP contribution is -2.27. The summed E-state index contributed by atoms with van der Waals surface area (Å²) in [4.78, 5) is 12.6. The Bertz CT molecular complexity index is 640. The van der Waals surface area contributed by atoms with E-state index in [1.165, 1.54) is 5.57 Å². The van der Waals surface area contributed by atoms with E-state index < -0.39 is 9.70 Å². The van der Waals surface area contributed by atoms with E-state index in [0.29, 0.717) is 0 Å². The molecule has 0 bridgehead atoms. The van der Waals surface area contributed by atoms with Gasteiger partial charge in [0.15, 0.2) is 5.78 Å². The maximum absolute atomic E-state index is 12.6. The molecule has 0 aromatic heterocycles. The molecule has 98 valence electrons. The second kappa shape index (κ2) is 5.10. The predicted molar refractivity (Wildman–Crippen MR) is 85.0 cm³/mol. The van der Waals surface area contributed by atoms with Gasteiger partial charge in [-0.25, -0.2) is 0 Å². The van der Waals surface area contributed by atoms with Crippen LogP contribution >= 0.6 is 20.4 Å². The molecule has 0 spiro atoms. The molecule has 1 aliphatic carbocycles. The fraction of sp³-hybridized carbons (Fsp3) is 0.250. The van der Waals surface area contributed by atoms with Crippen molar-refractivity contribution in [1.82, 2.24) is 0 Å². The highest BCUT2D eigenvalue weighted by atomic mass is 35.7. The summed E-state index contributed by atoms with van der Waals surface area (Å²) in [6, 6.07) is 7.79. The number of benzene rings is 1. The first-order valence-corrected chi connectivity index (χ1v) is 8.67. The molecule has 0 radical (unpaired) electrons. The molecular formula is C16H15ClOS. The lowest BCUT2D eigenvalue weighted by atomic mass is 9.85. The Kier molecular flexibility index (Phi) is 3.46. The van der Waals surface area contributed by atoms with Crippen LogP contribution in [0.3, 0.4) is 0 Å². The van der Waals surface area contributed by atoms with Gasteiger partial charge in [-0.3, -0.25) is 4.79 Å². The van der Waals surface area contributed by atoms with Gasteiger partial charge in [0.1, 0.15) is 5.25 Å². The Hall–Kier alpha value is -1.12. The van der Waals surface area contributed by atoms with Crippen LogP contribution in [0.15, 0.2) is 41.5 Å². The Morgan fingerprint density at radius 3 is 2.89 bits per heavy atom. The molecule has 2 atom stereocenters. The van der Waals surface area contributed by atoms with Gasteiger partial charge >= 0.3 is 0 Å². The third-order valence-corrected chi connectivity index (χ3v) is 5.73. The minimum Gasteiger partial charge on any atom is -0.292 e. The minimum absolute atomic E-state index is 0.171. The summed E-state index contributed by atoms with van der Waals surface area (Å²) in [6.07, 6.45) is 6.33. The summed E-state index contributed by atoms with van der Waals surface area (Å²) in [6.45, 7) is 2.16. The van der Waals surface area contributed by atoms with Gasteiger partial charge in [-0.15, -0.1) is 0 Å². The van der Waals surface area contributed by atoms with Gasteiger partial charge in [-0.1, -0.05) is 64.1 Å². The van der Waals surface area contributed by atoms with Gasteiger partial charge in [0.05, 0.1) is 0 Å². The normalized spacial score (nSPS) is 24.8. The van der Waals surface area contributed by atoms with Crippen molar-refractivity contribution in [3.05, 3.63) is 52.6 Å². The van der Waals surface area contributed by atoms with Gasteiger partial charge in [0, 0.05) is 5.56 Å². The molecule has 2 aliphatic rings. The largest absolute Gasteiger partial charge is 0.292 e. The fourth-order valence-electron chi connectivity index (χ4n) is 2.68. The fourth-order valence-corrected chi connectivity index (χ4v) is 4.61. The highest BCUT2D eigenvalue weighted by molar-refractivity contribution is 8.35. The highest BCUT2D eigenvalue weighted by Crippen LogP contribution is 2.44. The number of carbonyl (C=O) groups is 1. The molecule has 1 nitrogen and oxygen atoms in total. The third-order valence-electron chi connectivity index (χ3n) is 3.57. The molecule has 0 amide bonds. The zero-order chi connectivity index (χ0) is 13.4. The van der Waals surface area contributed by atoms with Crippen molar-refractivity contribution in [3.63, 3.8) is 0 Å². The molecular weight excluding hydrogens is 276 g/mol. The second-order valence-electron chi connectivity index (χ2n) is 4.82. The topological polar surface area (TPSA) is 17.1 Å². The van der Waals surface area contributed by atoms with Crippen molar-refractivity contribution in [3.8, 4) is 0 Å². The Balaban J connectivity index is 2.17. The number of carbonyl (C=O) groups excluding carboxylic acids is 1. The summed E-state index contributed by atoms with van der Waals surface area (Å²) in [5.41, 5.74) is 4.23. The number of fused-ring (bicyclic) bond motifs is 2. The van der Waals surface area contributed by atoms with Crippen molar-refractivity contribution in [1.29, 1.82) is 0 Å². The quantitative estimate of drug-likeness (QED) is 0.728. The molecule has 3 heteroatoms. The van der Waals surface area contributed by atoms with Crippen LogP contribution in [-0.2, 0) is 0 Å². The van der Waals surface area contributed by atoms with E-state index in [4.69, 9.17) is 10.7 Å². The van der Waals surface area contributed by atoms with Crippen molar-refractivity contribution < 1.29 is 4.79 Å². The van der Waals surface area contributed by atoms with Crippen LogP contribution in [0.5, 0.6) is 0 Å². The maximum Gasteiger partial charge on any atom is 0.181 e. The van der Waals surface area contributed by atoms with Crippen LogP contribution in [0, 0.1) is 0 Å². The third kappa shape index (κ3) is 2.13. The maximum atomic E-state index is 12.6. The van der Waals surface area contributed by atoms with Crippen molar-refractivity contribution in [2.45, 2.75) is 25.0 Å². The smallest absolute Gasteiger partial charge is 0.181 e. The van der Waals surface area contributed by atoms with E-state index in [1.54, 1.807) is 0 Å². The van der Waals surface area contributed by atoms with Crippen LogP contribution in [0.25, 0.3) is 6.08 Å². The van der Waals surface area contributed by atoms with E-state index in [9.17, 15) is 4.79 Å². The lowest BCUT2D eigenvalue weighted by molar-refractivity contribution is 0.0997. The van der Waals surface area contributed by atoms with Crippen molar-refractivity contribution in [2.75, 3.05) is 0 Å². The number of halogens is 1. The van der Waals surface area contributed by atoms with Gasteiger partial charge in [-0.2, -0.15) is 0 Å². The molecule has 1 heterocycles. The van der Waals surface area contributed by atoms with E-state index in [0.717, 1.165) is 29.5 Å². The molecule has 1 aromatic rings. The second-order valence-corrected chi connectivity index (χ2v) is 7.26. The van der Waals surface area contributed by atoms with Crippen molar-refractivity contribution >= 4 is 37.6 Å². The monoisotopic (exact) mass is 290 g/mol. The molecule has 0 saturated carbocycles. The van der Waals surface area contributed by atoms with Crippen LogP contribution in [0.4, 0.5) is 0 Å². The number of Topliss-reactive ketones (excluding diaryl/α,β-unsaturated/α-hetero) is 1. The van der Waals surface area contributed by atoms with Crippen LogP contribution < -0.4 is 0 Å². The molecule has 1 aromatic carbocycles. The number of allylic oxidation sites excluding steroid dienone is 2. The van der Waals surface area contributed by atoms with E-state index in [1.807, 2.05) is 29.6 Å². The Labute approximate surface area is 120 Å². The molecule has 2 unspecified atom stereocenters. The minimum atomic E-state index is -0.515. The van der Waals surface area contributed by atoms with Gasteiger partial charge in [0.2, 0.25) is 0 Å². The number of hydrogen-bond acceptors (Lipinski definition) is 1. The van der Waals surface area contributed by atoms with Crippen LogP contribution in [-0.4, -0.2) is 16.4 Å². The van der Waals surface area contributed by atoms with Crippen molar-refractivity contribution in [2.24, 2.45) is 0 Å². The standard InChI is InChI=1S/C16H15ClOS/c1-2-5-11-8-9-19(17)16-14(11)10-12-6-3-4-7-13(12)15(16)18/h3-4,6-10,16H,2,5H2,1H3. The average Bonchev–Trinajstić information content (AvgIpc) is 2.42. The summed E-state index contributed by atoms with van der Waals surface area (Å²) >= 11 is 0. The van der Waals surface area contributed by atoms with E-state index in [-0.39, 0.29) is 11.0 Å². The summed E-state index contributed by atoms with van der Waals surface area (Å²) < 4.78 is 0. The first-order valence-electron chi connectivity index (χ1n) is 6.49. The first-order chi connectivity index (χ1) is 9.22. The number of hydrogen-bond donors (Lipinski definition) is 0. The summed E-state index contributed by atoms with van der Waals surface area (Å²) in [5.74, 6) is 0.171. The summed E-state index contributed by atoms with van der Waals surface area (Å²) in [5, 5.41) is 1.81. The Morgan fingerprint density at radius 2 is 2.11 bits per heavy atom. The van der Waals surface area contributed by atoms with E-state index >= 15 is 0 Å². The average molecular weight is 291 g/mol. The zero-order valence-corrected chi connectivity index (χ0v) is 12.3. The molecule has 3 rings (SSSR count). The predicted octanol–water partition coefficient (Wildman–Crippen LogP) is 4.60.